The fourth-order valence-electron chi connectivity index (χ4n) is 2.81. The molecule has 1 aromatic carbocycles. The van der Waals surface area contributed by atoms with Crippen molar-refractivity contribution in [2.45, 2.75) is 25.7 Å². The van der Waals surface area contributed by atoms with Crippen LogP contribution in [-0.2, 0) is 4.79 Å². The number of nitrogens with two attached hydrogens (primary N) is 1. The van der Waals surface area contributed by atoms with Gasteiger partial charge in [-0.25, -0.2) is 0 Å². The molecule has 1 aliphatic rings. The Kier molecular flexibility index (Phi) is 5.43. The Morgan fingerprint density at radius 2 is 2.20 bits per heavy atom. The number of rotatable bonds is 4. The van der Waals surface area contributed by atoms with E-state index in [0.717, 1.165) is 29.4 Å². The van der Waals surface area contributed by atoms with Crippen molar-refractivity contribution in [2.24, 2.45) is 17.6 Å². The Bertz CT molecular complexity index is 479. The number of benzene rings is 1. The number of methoxy groups -OCH3 is 1. The molecule has 0 aliphatic heterocycles. The van der Waals surface area contributed by atoms with Crippen molar-refractivity contribution in [2.75, 3.05) is 19.0 Å². The van der Waals surface area contributed by atoms with Crippen LogP contribution in [0.15, 0.2) is 22.7 Å². The molecule has 110 valence electrons. The number of hydrogen-bond acceptors (Lipinski definition) is 3. The van der Waals surface area contributed by atoms with E-state index >= 15 is 0 Å². The number of carbonyl (C=O) groups is 1. The maximum atomic E-state index is 12.4. The number of halogens is 1. The Balaban J connectivity index is 2.06. The van der Waals surface area contributed by atoms with Crippen LogP contribution in [0.4, 0.5) is 5.69 Å². The highest BCUT2D eigenvalue weighted by molar-refractivity contribution is 9.10. The summed E-state index contributed by atoms with van der Waals surface area (Å²) in [5.41, 5.74) is 6.54. The molecule has 4 nitrogen and oxygen atoms in total. The van der Waals surface area contributed by atoms with Crippen LogP contribution in [0.25, 0.3) is 0 Å². The van der Waals surface area contributed by atoms with Crippen LogP contribution in [-0.4, -0.2) is 19.6 Å². The normalized spacial score (nSPS) is 22.4. The highest BCUT2D eigenvalue weighted by Gasteiger charge is 2.29. The standard InChI is InChI=1S/C15H21BrN2O2/c1-20-14-8-11(6-7-13(14)16)18-15(19)12-5-3-2-4-10(12)9-17/h6-8,10,12H,2-5,9,17H2,1H3,(H,18,19). The summed E-state index contributed by atoms with van der Waals surface area (Å²) in [5.74, 6) is 1.12. The van der Waals surface area contributed by atoms with E-state index in [1.54, 1.807) is 7.11 Å². The first-order valence-corrected chi connectivity index (χ1v) is 7.79. The molecule has 0 aromatic heterocycles. The summed E-state index contributed by atoms with van der Waals surface area (Å²) >= 11 is 3.40. The molecular formula is C15H21BrN2O2. The van der Waals surface area contributed by atoms with Gasteiger partial charge in [0.15, 0.2) is 0 Å². The Labute approximate surface area is 128 Å². The molecule has 1 aromatic rings. The average Bonchev–Trinajstić information content (AvgIpc) is 2.49. The van der Waals surface area contributed by atoms with Gasteiger partial charge in [-0.2, -0.15) is 0 Å². The van der Waals surface area contributed by atoms with Crippen LogP contribution in [0, 0.1) is 11.8 Å². The van der Waals surface area contributed by atoms with Gasteiger partial charge in [0.2, 0.25) is 5.91 Å². The minimum atomic E-state index is 0.0309. The van der Waals surface area contributed by atoms with E-state index < -0.39 is 0 Å². The summed E-state index contributed by atoms with van der Waals surface area (Å²) in [7, 11) is 1.61. The highest BCUT2D eigenvalue weighted by Crippen LogP contribution is 2.32. The molecule has 0 radical (unpaired) electrons. The maximum absolute atomic E-state index is 12.4. The van der Waals surface area contributed by atoms with Crippen LogP contribution in [0.5, 0.6) is 5.75 Å². The van der Waals surface area contributed by atoms with Gasteiger partial charge in [-0.1, -0.05) is 12.8 Å². The van der Waals surface area contributed by atoms with E-state index in [-0.39, 0.29) is 11.8 Å². The lowest BCUT2D eigenvalue weighted by atomic mass is 9.78. The van der Waals surface area contributed by atoms with Crippen molar-refractivity contribution in [3.05, 3.63) is 22.7 Å². The van der Waals surface area contributed by atoms with E-state index in [0.29, 0.717) is 18.2 Å². The van der Waals surface area contributed by atoms with Crippen LogP contribution in [0.3, 0.4) is 0 Å². The van der Waals surface area contributed by atoms with Crippen molar-refractivity contribution >= 4 is 27.5 Å². The number of ether oxygens (including phenoxy) is 1. The predicted molar refractivity (Wildman–Crippen MR) is 83.8 cm³/mol. The Hall–Kier alpha value is -1.07. The molecule has 0 spiro atoms. The fraction of sp³-hybridized carbons (Fsp3) is 0.533. The van der Waals surface area contributed by atoms with Crippen LogP contribution in [0.2, 0.25) is 0 Å². The number of carbonyl (C=O) groups excluding carboxylic acids is 1. The van der Waals surface area contributed by atoms with Gasteiger partial charge >= 0.3 is 0 Å². The van der Waals surface area contributed by atoms with Crippen molar-refractivity contribution in [3.63, 3.8) is 0 Å². The first-order valence-electron chi connectivity index (χ1n) is 7.00. The fourth-order valence-corrected chi connectivity index (χ4v) is 3.22. The number of nitrogens with one attached hydrogen (secondary N) is 1. The molecule has 0 heterocycles. The second-order valence-electron chi connectivity index (χ2n) is 5.23. The van der Waals surface area contributed by atoms with E-state index in [4.69, 9.17) is 10.5 Å². The van der Waals surface area contributed by atoms with Gasteiger partial charge < -0.3 is 15.8 Å². The molecular weight excluding hydrogens is 320 g/mol. The lowest BCUT2D eigenvalue weighted by Gasteiger charge is -2.29. The molecule has 0 saturated heterocycles. The second-order valence-corrected chi connectivity index (χ2v) is 6.08. The highest BCUT2D eigenvalue weighted by atomic mass is 79.9. The van der Waals surface area contributed by atoms with Crippen molar-refractivity contribution in [1.82, 2.24) is 0 Å². The van der Waals surface area contributed by atoms with E-state index in [2.05, 4.69) is 21.2 Å². The van der Waals surface area contributed by atoms with E-state index in [1.165, 1.54) is 6.42 Å². The monoisotopic (exact) mass is 340 g/mol. The van der Waals surface area contributed by atoms with Gasteiger partial charge in [-0.3, -0.25) is 4.79 Å². The molecule has 2 atom stereocenters. The molecule has 1 fully saturated rings. The molecule has 3 N–H and O–H groups in total. The van der Waals surface area contributed by atoms with E-state index in [9.17, 15) is 4.79 Å². The molecule has 20 heavy (non-hydrogen) atoms. The second kappa shape index (κ2) is 7.09. The largest absolute Gasteiger partial charge is 0.495 e. The number of amides is 1. The first kappa shape index (κ1) is 15.3. The lowest BCUT2D eigenvalue weighted by molar-refractivity contribution is -0.122. The zero-order valence-corrected chi connectivity index (χ0v) is 13.3. The summed E-state index contributed by atoms with van der Waals surface area (Å²) in [6, 6.07) is 5.56. The predicted octanol–water partition coefficient (Wildman–Crippen LogP) is 3.16. The summed E-state index contributed by atoms with van der Waals surface area (Å²) in [5, 5.41) is 2.98. The Morgan fingerprint density at radius 3 is 2.90 bits per heavy atom. The quantitative estimate of drug-likeness (QED) is 0.884. The molecule has 2 rings (SSSR count). The van der Waals surface area contributed by atoms with E-state index in [1.807, 2.05) is 18.2 Å². The topological polar surface area (TPSA) is 64.3 Å². The van der Waals surface area contributed by atoms with Crippen molar-refractivity contribution < 1.29 is 9.53 Å². The van der Waals surface area contributed by atoms with Gasteiger partial charge in [0.1, 0.15) is 5.75 Å². The smallest absolute Gasteiger partial charge is 0.227 e. The molecule has 1 saturated carbocycles. The van der Waals surface area contributed by atoms with Crippen molar-refractivity contribution in [3.8, 4) is 5.75 Å². The summed E-state index contributed by atoms with van der Waals surface area (Å²) in [6.45, 7) is 0.585. The average molecular weight is 341 g/mol. The summed E-state index contributed by atoms with van der Waals surface area (Å²) in [6.07, 6.45) is 4.27. The van der Waals surface area contributed by atoms with Crippen LogP contribution >= 0.6 is 15.9 Å². The molecule has 5 heteroatoms. The molecule has 1 amide bonds. The van der Waals surface area contributed by atoms with Crippen LogP contribution < -0.4 is 15.8 Å². The van der Waals surface area contributed by atoms with Gasteiger partial charge in [0.25, 0.3) is 0 Å². The van der Waals surface area contributed by atoms with Gasteiger partial charge in [-0.05, 0) is 53.4 Å². The minimum Gasteiger partial charge on any atom is -0.495 e. The third kappa shape index (κ3) is 3.52. The van der Waals surface area contributed by atoms with Gasteiger partial charge in [-0.15, -0.1) is 0 Å². The molecule has 0 bridgehead atoms. The third-order valence-corrected chi connectivity index (χ3v) is 4.62. The molecule has 2 unspecified atom stereocenters. The lowest BCUT2D eigenvalue weighted by Crippen LogP contribution is -2.35. The molecule has 1 aliphatic carbocycles. The number of hydrogen-bond donors (Lipinski definition) is 2. The van der Waals surface area contributed by atoms with Gasteiger partial charge in [0.05, 0.1) is 11.6 Å². The minimum absolute atomic E-state index is 0.0309. The maximum Gasteiger partial charge on any atom is 0.227 e. The van der Waals surface area contributed by atoms with Gasteiger partial charge in [0, 0.05) is 17.7 Å². The zero-order chi connectivity index (χ0) is 14.5. The SMILES string of the molecule is COc1cc(NC(=O)C2CCCCC2CN)ccc1Br. The Morgan fingerprint density at radius 1 is 1.45 bits per heavy atom. The van der Waals surface area contributed by atoms with Crippen LogP contribution in [0.1, 0.15) is 25.7 Å². The summed E-state index contributed by atoms with van der Waals surface area (Å²) < 4.78 is 6.11. The third-order valence-electron chi connectivity index (χ3n) is 3.97. The first-order chi connectivity index (χ1) is 9.65. The summed E-state index contributed by atoms with van der Waals surface area (Å²) in [4.78, 5) is 12.4. The zero-order valence-electron chi connectivity index (χ0n) is 11.7. The number of anilines is 1. The van der Waals surface area contributed by atoms with Crippen molar-refractivity contribution in [1.29, 1.82) is 0 Å².